The van der Waals surface area contributed by atoms with E-state index in [1.807, 2.05) is 0 Å². The highest BCUT2D eigenvalue weighted by Crippen LogP contribution is 2.26. The maximum atomic E-state index is 2.73. The van der Waals surface area contributed by atoms with Gasteiger partial charge in [-0.15, -0.1) is 0 Å². The van der Waals surface area contributed by atoms with Gasteiger partial charge in [0.05, 0.1) is 0 Å². The van der Waals surface area contributed by atoms with Crippen LogP contribution in [-0.2, 0) is 0 Å². The zero-order valence-electron chi connectivity index (χ0n) is 13.0. The van der Waals surface area contributed by atoms with E-state index in [1.165, 1.54) is 51.0 Å². The average molecular weight is 272 g/mol. The van der Waals surface area contributed by atoms with Crippen molar-refractivity contribution in [3.8, 4) is 0 Å². The second kappa shape index (κ2) is 6.28. The molecule has 1 aromatic rings. The van der Waals surface area contributed by atoms with Crippen molar-refractivity contribution in [2.45, 2.75) is 51.1 Å². The first kappa shape index (κ1) is 14.1. The van der Waals surface area contributed by atoms with E-state index >= 15 is 0 Å². The Balaban J connectivity index is 1.62. The van der Waals surface area contributed by atoms with Crippen molar-refractivity contribution in [3.05, 3.63) is 35.9 Å². The Morgan fingerprint density at radius 2 is 1.95 bits per heavy atom. The summed E-state index contributed by atoms with van der Waals surface area (Å²) in [5.74, 6) is 0.633. The van der Waals surface area contributed by atoms with Gasteiger partial charge in [0.25, 0.3) is 0 Å². The number of piperazine rings is 1. The Bertz CT molecular complexity index is 417. The molecule has 2 aliphatic rings. The van der Waals surface area contributed by atoms with E-state index in [4.69, 9.17) is 0 Å². The predicted octanol–water partition coefficient (Wildman–Crippen LogP) is 3.35. The van der Waals surface area contributed by atoms with Crippen LogP contribution in [0.4, 0.5) is 0 Å². The molecule has 2 saturated heterocycles. The van der Waals surface area contributed by atoms with Crippen LogP contribution in [0, 0.1) is 0 Å². The summed E-state index contributed by atoms with van der Waals surface area (Å²) >= 11 is 0. The first-order chi connectivity index (χ1) is 9.74. The number of piperidine rings is 1. The molecule has 0 saturated carbocycles. The van der Waals surface area contributed by atoms with Crippen molar-refractivity contribution in [2.75, 3.05) is 26.2 Å². The van der Waals surface area contributed by atoms with Crippen molar-refractivity contribution >= 4 is 0 Å². The molecule has 3 unspecified atom stereocenters. The fourth-order valence-corrected chi connectivity index (χ4v) is 3.91. The molecule has 3 rings (SSSR count). The SMILES string of the molecule is CC(CN1CC2CCCCN2CC1C)c1ccccc1. The third-order valence-electron chi connectivity index (χ3n) is 5.19. The van der Waals surface area contributed by atoms with Crippen LogP contribution < -0.4 is 0 Å². The molecule has 2 nitrogen and oxygen atoms in total. The molecular formula is C18H28N2. The van der Waals surface area contributed by atoms with Crippen LogP contribution in [-0.4, -0.2) is 48.1 Å². The highest BCUT2D eigenvalue weighted by atomic mass is 15.3. The normalized spacial score (nSPS) is 29.9. The van der Waals surface area contributed by atoms with Crippen molar-refractivity contribution in [1.82, 2.24) is 9.80 Å². The summed E-state index contributed by atoms with van der Waals surface area (Å²) in [5.41, 5.74) is 1.48. The molecule has 2 heteroatoms. The van der Waals surface area contributed by atoms with E-state index in [9.17, 15) is 0 Å². The van der Waals surface area contributed by atoms with Crippen molar-refractivity contribution < 1.29 is 0 Å². The number of rotatable bonds is 3. The van der Waals surface area contributed by atoms with Gasteiger partial charge in [-0.3, -0.25) is 9.80 Å². The summed E-state index contributed by atoms with van der Waals surface area (Å²) in [6.07, 6.45) is 4.24. The second-order valence-electron chi connectivity index (χ2n) is 6.76. The van der Waals surface area contributed by atoms with Gasteiger partial charge in [-0.2, -0.15) is 0 Å². The highest BCUT2D eigenvalue weighted by molar-refractivity contribution is 5.19. The van der Waals surface area contributed by atoms with Crippen LogP contribution in [0.2, 0.25) is 0 Å². The van der Waals surface area contributed by atoms with Crippen LogP contribution in [0.3, 0.4) is 0 Å². The standard InChI is InChI=1S/C18H28N2/c1-15(17-8-4-3-5-9-17)12-20-14-18-10-6-7-11-19(18)13-16(20)2/h3-5,8-9,15-16,18H,6-7,10-14H2,1-2H3. The van der Waals surface area contributed by atoms with E-state index in [0.717, 1.165) is 6.04 Å². The quantitative estimate of drug-likeness (QED) is 0.832. The highest BCUT2D eigenvalue weighted by Gasteiger charge is 2.33. The van der Waals surface area contributed by atoms with Gasteiger partial charge in [0.15, 0.2) is 0 Å². The molecule has 0 amide bonds. The van der Waals surface area contributed by atoms with Gasteiger partial charge in [-0.1, -0.05) is 43.7 Å². The molecule has 110 valence electrons. The minimum atomic E-state index is 0.633. The Kier molecular flexibility index (Phi) is 4.42. The topological polar surface area (TPSA) is 6.48 Å². The zero-order chi connectivity index (χ0) is 13.9. The first-order valence-electron chi connectivity index (χ1n) is 8.27. The summed E-state index contributed by atoms with van der Waals surface area (Å²) in [5, 5.41) is 0. The molecular weight excluding hydrogens is 244 g/mol. The lowest BCUT2D eigenvalue weighted by Crippen LogP contribution is -2.59. The minimum Gasteiger partial charge on any atom is -0.298 e. The molecule has 2 fully saturated rings. The Hall–Kier alpha value is -0.860. The third kappa shape index (κ3) is 3.07. The van der Waals surface area contributed by atoms with Crippen molar-refractivity contribution in [1.29, 1.82) is 0 Å². The molecule has 0 bridgehead atoms. The lowest BCUT2D eigenvalue weighted by atomic mass is 9.94. The van der Waals surface area contributed by atoms with Crippen LogP contribution in [0.1, 0.15) is 44.6 Å². The van der Waals surface area contributed by atoms with E-state index in [1.54, 1.807) is 0 Å². The van der Waals surface area contributed by atoms with Crippen LogP contribution in [0.15, 0.2) is 30.3 Å². The Labute approximate surface area is 123 Å². The van der Waals surface area contributed by atoms with Crippen molar-refractivity contribution in [3.63, 3.8) is 0 Å². The van der Waals surface area contributed by atoms with Gasteiger partial charge >= 0.3 is 0 Å². The number of hydrogen-bond donors (Lipinski definition) is 0. The molecule has 0 aromatic heterocycles. The van der Waals surface area contributed by atoms with E-state index in [2.05, 4.69) is 54.0 Å². The summed E-state index contributed by atoms with van der Waals surface area (Å²) in [6, 6.07) is 12.5. The number of nitrogens with zero attached hydrogens (tertiary/aromatic N) is 2. The Morgan fingerprint density at radius 3 is 2.75 bits per heavy atom. The smallest absolute Gasteiger partial charge is 0.0223 e. The Morgan fingerprint density at radius 1 is 1.15 bits per heavy atom. The number of fused-ring (bicyclic) bond motifs is 1. The average Bonchev–Trinajstić information content (AvgIpc) is 2.49. The monoisotopic (exact) mass is 272 g/mol. The van der Waals surface area contributed by atoms with Gasteiger partial charge in [0.1, 0.15) is 0 Å². The summed E-state index contributed by atoms with van der Waals surface area (Å²) < 4.78 is 0. The lowest BCUT2D eigenvalue weighted by Gasteiger charge is -2.48. The van der Waals surface area contributed by atoms with Crippen LogP contribution in [0.5, 0.6) is 0 Å². The zero-order valence-corrected chi connectivity index (χ0v) is 13.0. The maximum absolute atomic E-state index is 2.73. The fraction of sp³-hybridized carbons (Fsp3) is 0.667. The number of benzene rings is 1. The molecule has 2 heterocycles. The molecule has 3 atom stereocenters. The summed E-state index contributed by atoms with van der Waals surface area (Å²) in [6.45, 7) is 9.86. The first-order valence-corrected chi connectivity index (χ1v) is 8.27. The lowest BCUT2D eigenvalue weighted by molar-refractivity contribution is 0.0131. The maximum Gasteiger partial charge on any atom is 0.0223 e. The van der Waals surface area contributed by atoms with Gasteiger partial charge < -0.3 is 0 Å². The molecule has 2 aliphatic heterocycles. The molecule has 0 N–H and O–H groups in total. The largest absolute Gasteiger partial charge is 0.298 e. The van der Waals surface area contributed by atoms with Gasteiger partial charge in [0.2, 0.25) is 0 Å². The summed E-state index contributed by atoms with van der Waals surface area (Å²) in [4.78, 5) is 5.46. The van der Waals surface area contributed by atoms with Crippen LogP contribution in [0.25, 0.3) is 0 Å². The minimum absolute atomic E-state index is 0.633. The molecule has 20 heavy (non-hydrogen) atoms. The van der Waals surface area contributed by atoms with E-state index in [-0.39, 0.29) is 0 Å². The predicted molar refractivity (Wildman–Crippen MR) is 85.1 cm³/mol. The third-order valence-corrected chi connectivity index (χ3v) is 5.19. The van der Waals surface area contributed by atoms with Gasteiger partial charge in [-0.25, -0.2) is 0 Å². The molecule has 0 aliphatic carbocycles. The second-order valence-corrected chi connectivity index (χ2v) is 6.76. The summed E-state index contributed by atoms with van der Waals surface area (Å²) in [7, 11) is 0. The van der Waals surface area contributed by atoms with Gasteiger partial charge in [-0.05, 0) is 37.8 Å². The van der Waals surface area contributed by atoms with E-state index < -0.39 is 0 Å². The molecule has 1 aromatic carbocycles. The van der Waals surface area contributed by atoms with Crippen molar-refractivity contribution in [2.24, 2.45) is 0 Å². The number of hydrogen-bond acceptors (Lipinski definition) is 2. The fourth-order valence-electron chi connectivity index (χ4n) is 3.91. The molecule has 0 radical (unpaired) electrons. The van der Waals surface area contributed by atoms with E-state index in [0.29, 0.717) is 12.0 Å². The van der Waals surface area contributed by atoms with Gasteiger partial charge in [0, 0.05) is 31.7 Å². The molecule has 0 spiro atoms. The van der Waals surface area contributed by atoms with Crippen LogP contribution >= 0.6 is 0 Å².